The molecule has 2 rings (SSSR count). The van der Waals surface area contributed by atoms with Gasteiger partial charge in [0.05, 0.1) is 18.2 Å². The number of urea groups is 1. The van der Waals surface area contributed by atoms with Crippen LogP contribution in [0.5, 0.6) is 0 Å². The Balaban J connectivity index is 1.87. The maximum absolute atomic E-state index is 12.0. The SMILES string of the molecule is CC(C)N(CC(=O)NC(=O)NC1CC1)Cc1ccc(C#N)cc1. The van der Waals surface area contributed by atoms with Crippen molar-refractivity contribution in [3.8, 4) is 6.07 Å². The highest BCUT2D eigenvalue weighted by Crippen LogP contribution is 2.18. The number of hydrogen-bond donors (Lipinski definition) is 2. The Hall–Kier alpha value is -2.39. The molecule has 0 heterocycles. The molecule has 122 valence electrons. The summed E-state index contributed by atoms with van der Waals surface area (Å²) in [6, 6.07) is 9.33. The van der Waals surface area contributed by atoms with E-state index >= 15 is 0 Å². The van der Waals surface area contributed by atoms with Crippen molar-refractivity contribution >= 4 is 11.9 Å². The summed E-state index contributed by atoms with van der Waals surface area (Å²) in [6.07, 6.45) is 1.97. The molecule has 0 unspecified atom stereocenters. The second-order valence-electron chi connectivity index (χ2n) is 6.10. The number of nitrogens with one attached hydrogen (secondary N) is 2. The van der Waals surface area contributed by atoms with E-state index in [1.807, 2.05) is 30.9 Å². The molecule has 1 aromatic rings. The van der Waals surface area contributed by atoms with E-state index in [2.05, 4.69) is 16.7 Å². The van der Waals surface area contributed by atoms with Crippen LogP contribution in [0.15, 0.2) is 24.3 Å². The monoisotopic (exact) mass is 314 g/mol. The Labute approximate surface area is 136 Å². The first-order valence-corrected chi connectivity index (χ1v) is 7.81. The maximum atomic E-state index is 12.0. The van der Waals surface area contributed by atoms with Gasteiger partial charge in [0.15, 0.2) is 0 Å². The van der Waals surface area contributed by atoms with Crippen molar-refractivity contribution in [2.45, 2.75) is 45.3 Å². The summed E-state index contributed by atoms with van der Waals surface area (Å²) >= 11 is 0. The molecule has 0 saturated heterocycles. The number of carbonyl (C=O) groups excluding carboxylic acids is 2. The van der Waals surface area contributed by atoms with Crippen molar-refractivity contribution in [2.75, 3.05) is 6.54 Å². The summed E-state index contributed by atoms with van der Waals surface area (Å²) in [5.41, 5.74) is 1.63. The third kappa shape index (κ3) is 5.72. The van der Waals surface area contributed by atoms with Crippen LogP contribution in [0.1, 0.15) is 37.8 Å². The van der Waals surface area contributed by atoms with Gasteiger partial charge in [0.25, 0.3) is 0 Å². The summed E-state index contributed by atoms with van der Waals surface area (Å²) in [5, 5.41) is 13.9. The first-order chi connectivity index (χ1) is 11.0. The van der Waals surface area contributed by atoms with Gasteiger partial charge in [-0.1, -0.05) is 12.1 Å². The fourth-order valence-electron chi connectivity index (χ4n) is 2.14. The molecule has 23 heavy (non-hydrogen) atoms. The van der Waals surface area contributed by atoms with Crippen molar-refractivity contribution in [2.24, 2.45) is 0 Å². The number of benzene rings is 1. The zero-order chi connectivity index (χ0) is 16.8. The third-order valence-corrected chi connectivity index (χ3v) is 3.71. The van der Waals surface area contributed by atoms with Crippen molar-refractivity contribution < 1.29 is 9.59 Å². The highest BCUT2D eigenvalue weighted by molar-refractivity contribution is 5.95. The second kappa shape index (κ2) is 7.75. The number of nitrogens with zero attached hydrogens (tertiary/aromatic N) is 2. The van der Waals surface area contributed by atoms with E-state index in [9.17, 15) is 9.59 Å². The van der Waals surface area contributed by atoms with Gasteiger partial charge in [-0.2, -0.15) is 5.26 Å². The van der Waals surface area contributed by atoms with Gasteiger partial charge in [-0.3, -0.25) is 15.0 Å². The lowest BCUT2D eigenvalue weighted by molar-refractivity contribution is -0.121. The van der Waals surface area contributed by atoms with Crippen LogP contribution in [0, 0.1) is 11.3 Å². The average molecular weight is 314 g/mol. The molecule has 0 atom stereocenters. The fourth-order valence-corrected chi connectivity index (χ4v) is 2.14. The number of rotatable bonds is 6. The predicted molar refractivity (Wildman–Crippen MR) is 86.4 cm³/mol. The minimum absolute atomic E-state index is 0.149. The molecule has 1 aromatic carbocycles. The van der Waals surface area contributed by atoms with E-state index in [-0.39, 0.29) is 24.5 Å². The summed E-state index contributed by atoms with van der Waals surface area (Å²) in [6.45, 7) is 4.74. The van der Waals surface area contributed by atoms with Gasteiger partial charge in [0.2, 0.25) is 5.91 Å². The smallest absolute Gasteiger partial charge is 0.321 e. The summed E-state index contributed by atoms with van der Waals surface area (Å²) in [4.78, 5) is 25.6. The maximum Gasteiger partial charge on any atom is 0.321 e. The molecule has 0 aliphatic heterocycles. The first kappa shape index (κ1) is 17.0. The summed E-state index contributed by atoms with van der Waals surface area (Å²) < 4.78 is 0. The van der Waals surface area contributed by atoms with Gasteiger partial charge in [0.1, 0.15) is 0 Å². The molecule has 0 aromatic heterocycles. The molecule has 2 N–H and O–H groups in total. The molecule has 0 spiro atoms. The Morgan fingerprint density at radius 2 is 1.96 bits per heavy atom. The largest absolute Gasteiger partial charge is 0.335 e. The van der Waals surface area contributed by atoms with Gasteiger partial charge >= 0.3 is 6.03 Å². The minimum atomic E-state index is -0.417. The van der Waals surface area contributed by atoms with E-state index in [1.54, 1.807) is 12.1 Å². The third-order valence-electron chi connectivity index (χ3n) is 3.71. The van der Waals surface area contributed by atoms with Crippen LogP contribution in [0.2, 0.25) is 0 Å². The Morgan fingerprint density at radius 1 is 1.30 bits per heavy atom. The zero-order valence-electron chi connectivity index (χ0n) is 13.5. The molecule has 6 nitrogen and oxygen atoms in total. The molecule has 1 saturated carbocycles. The molecular formula is C17H22N4O2. The lowest BCUT2D eigenvalue weighted by Crippen LogP contribution is -2.46. The summed E-state index contributed by atoms with van der Waals surface area (Å²) in [7, 11) is 0. The Morgan fingerprint density at radius 3 is 2.48 bits per heavy atom. The number of hydrogen-bond acceptors (Lipinski definition) is 4. The molecule has 6 heteroatoms. The Kier molecular flexibility index (Phi) is 5.72. The van der Waals surface area contributed by atoms with E-state index in [0.29, 0.717) is 12.1 Å². The van der Waals surface area contributed by atoms with Crippen LogP contribution in [-0.2, 0) is 11.3 Å². The number of imide groups is 1. The van der Waals surface area contributed by atoms with Gasteiger partial charge in [-0.15, -0.1) is 0 Å². The zero-order valence-corrected chi connectivity index (χ0v) is 13.5. The molecule has 1 fully saturated rings. The number of nitriles is 1. The lowest BCUT2D eigenvalue weighted by atomic mass is 10.1. The fraction of sp³-hybridized carbons (Fsp3) is 0.471. The quantitative estimate of drug-likeness (QED) is 0.838. The molecule has 3 amide bonds. The normalized spacial score (nSPS) is 13.7. The molecule has 1 aliphatic rings. The van der Waals surface area contributed by atoms with Crippen molar-refractivity contribution in [3.63, 3.8) is 0 Å². The van der Waals surface area contributed by atoms with Crippen LogP contribution >= 0.6 is 0 Å². The molecule has 0 bridgehead atoms. The first-order valence-electron chi connectivity index (χ1n) is 7.81. The van der Waals surface area contributed by atoms with Crippen LogP contribution in [0.4, 0.5) is 4.79 Å². The summed E-state index contributed by atoms with van der Waals surface area (Å²) in [5.74, 6) is -0.314. The van der Waals surface area contributed by atoms with Crippen LogP contribution < -0.4 is 10.6 Å². The second-order valence-corrected chi connectivity index (χ2v) is 6.10. The van der Waals surface area contributed by atoms with Gasteiger partial charge in [0, 0.05) is 18.6 Å². The Bertz CT molecular complexity index is 600. The highest BCUT2D eigenvalue weighted by Gasteiger charge is 2.24. The van der Waals surface area contributed by atoms with Gasteiger partial charge < -0.3 is 5.32 Å². The van der Waals surface area contributed by atoms with E-state index in [1.165, 1.54) is 0 Å². The van der Waals surface area contributed by atoms with Crippen molar-refractivity contribution in [3.05, 3.63) is 35.4 Å². The van der Waals surface area contributed by atoms with Gasteiger partial charge in [-0.25, -0.2) is 4.79 Å². The topological polar surface area (TPSA) is 85.2 Å². The van der Waals surface area contributed by atoms with Gasteiger partial charge in [-0.05, 0) is 44.4 Å². The standard InChI is InChI=1S/C17H22N4O2/c1-12(2)21(10-14-5-3-13(9-18)4-6-14)11-16(22)20-17(23)19-15-7-8-15/h3-6,12,15H,7-8,10-11H2,1-2H3,(H2,19,20,22,23). The lowest BCUT2D eigenvalue weighted by Gasteiger charge is -2.25. The van der Waals surface area contributed by atoms with Crippen LogP contribution in [0.25, 0.3) is 0 Å². The molecule has 1 aliphatic carbocycles. The predicted octanol–water partition coefficient (Wildman–Crippen LogP) is 1.76. The van der Waals surface area contributed by atoms with Crippen LogP contribution in [0.3, 0.4) is 0 Å². The number of carbonyl (C=O) groups is 2. The van der Waals surface area contributed by atoms with Crippen molar-refractivity contribution in [1.29, 1.82) is 5.26 Å². The van der Waals surface area contributed by atoms with Crippen LogP contribution in [-0.4, -0.2) is 35.5 Å². The molecular weight excluding hydrogens is 292 g/mol. The average Bonchev–Trinajstić information content (AvgIpc) is 3.30. The number of amides is 3. The molecule has 0 radical (unpaired) electrons. The van der Waals surface area contributed by atoms with E-state index < -0.39 is 6.03 Å². The minimum Gasteiger partial charge on any atom is -0.335 e. The highest BCUT2D eigenvalue weighted by atomic mass is 16.2. The van der Waals surface area contributed by atoms with Crippen molar-refractivity contribution in [1.82, 2.24) is 15.5 Å². The van der Waals surface area contributed by atoms with E-state index in [4.69, 9.17) is 5.26 Å². The van der Waals surface area contributed by atoms with E-state index in [0.717, 1.165) is 18.4 Å².